The van der Waals surface area contributed by atoms with Gasteiger partial charge in [-0.15, -0.1) is 11.3 Å². The fourth-order valence-corrected chi connectivity index (χ4v) is 3.43. The van der Waals surface area contributed by atoms with E-state index in [1.165, 1.54) is 11.3 Å². The van der Waals surface area contributed by atoms with Crippen molar-refractivity contribution in [3.8, 4) is 17.1 Å². The summed E-state index contributed by atoms with van der Waals surface area (Å²) in [6.07, 6.45) is 1.71. The Balaban J connectivity index is 1.60. The number of ether oxygens (including phenoxy) is 1. The second-order valence-electron chi connectivity index (χ2n) is 5.89. The number of hydrogen-bond acceptors (Lipinski definition) is 6. The van der Waals surface area contributed by atoms with Gasteiger partial charge in [0.05, 0.1) is 29.6 Å². The number of nitrogens with zero attached hydrogens (tertiary/aromatic N) is 3. The van der Waals surface area contributed by atoms with Crippen molar-refractivity contribution < 1.29 is 9.53 Å². The molecule has 6 nitrogen and oxygen atoms in total. The SMILES string of the molecule is COc1ccc2cc(C(=O)Nc3nc(-c4ccccn4)cs3)c(C)nc2c1. The van der Waals surface area contributed by atoms with Crippen LogP contribution in [0.4, 0.5) is 5.13 Å². The van der Waals surface area contributed by atoms with E-state index < -0.39 is 0 Å². The lowest BCUT2D eigenvalue weighted by atomic mass is 10.1. The van der Waals surface area contributed by atoms with E-state index in [0.717, 1.165) is 28.0 Å². The number of anilines is 1. The Morgan fingerprint density at radius 2 is 2.00 bits per heavy atom. The highest BCUT2D eigenvalue weighted by atomic mass is 32.1. The van der Waals surface area contributed by atoms with Gasteiger partial charge in [-0.2, -0.15) is 0 Å². The monoisotopic (exact) mass is 376 g/mol. The Labute approximate surface area is 159 Å². The molecule has 0 unspecified atom stereocenters. The molecule has 0 saturated carbocycles. The average molecular weight is 376 g/mol. The van der Waals surface area contributed by atoms with Crippen LogP contribution in [0.5, 0.6) is 5.75 Å². The topological polar surface area (TPSA) is 77.0 Å². The van der Waals surface area contributed by atoms with E-state index in [0.29, 0.717) is 16.4 Å². The number of aromatic nitrogens is 3. The van der Waals surface area contributed by atoms with Gasteiger partial charge in [0.1, 0.15) is 11.4 Å². The maximum Gasteiger partial charge on any atom is 0.259 e. The number of hydrogen-bond donors (Lipinski definition) is 1. The second-order valence-corrected chi connectivity index (χ2v) is 6.75. The molecular formula is C20H16N4O2S. The minimum absolute atomic E-state index is 0.236. The molecule has 7 heteroatoms. The molecular weight excluding hydrogens is 360 g/mol. The molecule has 0 bridgehead atoms. The van der Waals surface area contributed by atoms with E-state index in [2.05, 4.69) is 20.3 Å². The van der Waals surface area contributed by atoms with Gasteiger partial charge in [-0.25, -0.2) is 4.98 Å². The predicted octanol–water partition coefficient (Wildman–Crippen LogP) is 4.32. The number of benzene rings is 1. The smallest absolute Gasteiger partial charge is 0.259 e. The zero-order chi connectivity index (χ0) is 18.8. The lowest BCUT2D eigenvalue weighted by Gasteiger charge is -2.08. The Bertz CT molecular complexity index is 1130. The molecule has 0 aliphatic carbocycles. The summed E-state index contributed by atoms with van der Waals surface area (Å²) in [5, 5.41) is 6.12. The highest BCUT2D eigenvalue weighted by Crippen LogP contribution is 2.25. The Hall–Kier alpha value is -3.32. The molecule has 0 aliphatic heterocycles. The van der Waals surface area contributed by atoms with Gasteiger partial charge in [0, 0.05) is 23.0 Å². The molecule has 4 aromatic rings. The maximum absolute atomic E-state index is 12.7. The van der Waals surface area contributed by atoms with Gasteiger partial charge in [-0.3, -0.25) is 20.1 Å². The molecule has 0 saturated heterocycles. The molecule has 3 aromatic heterocycles. The van der Waals surface area contributed by atoms with Crippen LogP contribution in [0, 0.1) is 6.92 Å². The molecule has 1 amide bonds. The van der Waals surface area contributed by atoms with Crippen LogP contribution < -0.4 is 10.1 Å². The molecule has 134 valence electrons. The highest BCUT2D eigenvalue weighted by molar-refractivity contribution is 7.14. The normalized spacial score (nSPS) is 10.7. The van der Waals surface area contributed by atoms with E-state index in [4.69, 9.17) is 4.74 Å². The lowest BCUT2D eigenvalue weighted by molar-refractivity contribution is 0.102. The molecule has 1 N–H and O–H groups in total. The highest BCUT2D eigenvalue weighted by Gasteiger charge is 2.14. The molecule has 1 aromatic carbocycles. The second kappa shape index (κ2) is 7.13. The summed E-state index contributed by atoms with van der Waals surface area (Å²) in [6, 6.07) is 13.1. The van der Waals surface area contributed by atoms with Crippen LogP contribution in [0.25, 0.3) is 22.3 Å². The van der Waals surface area contributed by atoms with Gasteiger partial charge in [-0.05, 0) is 37.3 Å². The number of methoxy groups -OCH3 is 1. The number of thiazole rings is 1. The molecule has 0 radical (unpaired) electrons. The van der Waals surface area contributed by atoms with Crippen LogP contribution in [-0.2, 0) is 0 Å². The van der Waals surface area contributed by atoms with Crippen molar-refractivity contribution in [3.05, 3.63) is 65.3 Å². The zero-order valence-electron chi connectivity index (χ0n) is 14.8. The first-order valence-electron chi connectivity index (χ1n) is 8.28. The van der Waals surface area contributed by atoms with E-state index >= 15 is 0 Å². The first-order chi connectivity index (χ1) is 13.1. The van der Waals surface area contributed by atoms with Gasteiger partial charge in [0.15, 0.2) is 5.13 Å². The van der Waals surface area contributed by atoms with Crippen molar-refractivity contribution in [2.24, 2.45) is 0 Å². The van der Waals surface area contributed by atoms with Crippen LogP contribution in [0.15, 0.2) is 54.0 Å². The summed E-state index contributed by atoms with van der Waals surface area (Å²) < 4.78 is 5.23. The molecule has 3 heterocycles. The van der Waals surface area contributed by atoms with Crippen LogP contribution in [0.1, 0.15) is 16.1 Å². The van der Waals surface area contributed by atoms with Crippen LogP contribution in [0.3, 0.4) is 0 Å². The van der Waals surface area contributed by atoms with Crippen molar-refractivity contribution in [1.29, 1.82) is 0 Å². The van der Waals surface area contributed by atoms with Gasteiger partial charge in [0.25, 0.3) is 5.91 Å². The van der Waals surface area contributed by atoms with E-state index in [1.807, 2.05) is 54.8 Å². The third-order valence-electron chi connectivity index (χ3n) is 4.11. The summed E-state index contributed by atoms with van der Waals surface area (Å²) in [6.45, 7) is 1.81. The standard InChI is InChI=1S/C20H16N4O2S/c1-12-15(9-13-6-7-14(26-2)10-17(13)22-12)19(25)24-20-23-18(11-27-20)16-5-3-4-8-21-16/h3-11H,1-2H3,(H,23,24,25). The molecule has 27 heavy (non-hydrogen) atoms. The largest absolute Gasteiger partial charge is 0.497 e. The summed E-state index contributed by atoms with van der Waals surface area (Å²) in [4.78, 5) is 26.0. The first kappa shape index (κ1) is 17.1. The lowest BCUT2D eigenvalue weighted by Crippen LogP contribution is -2.14. The minimum atomic E-state index is -0.236. The van der Waals surface area contributed by atoms with Crippen LogP contribution >= 0.6 is 11.3 Å². The van der Waals surface area contributed by atoms with E-state index in [9.17, 15) is 4.79 Å². The Morgan fingerprint density at radius 3 is 2.78 bits per heavy atom. The molecule has 0 spiro atoms. The van der Waals surface area contributed by atoms with Gasteiger partial charge < -0.3 is 4.74 Å². The number of pyridine rings is 2. The fraction of sp³-hybridized carbons (Fsp3) is 0.100. The van der Waals surface area contributed by atoms with Crippen LogP contribution in [-0.4, -0.2) is 28.0 Å². The Kier molecular flexibility index (Phi) is 4.52. The summed E-state index contributed by atoms with van der Waals surface area (Å²) in [5.74, 6) is 0.496. The average Bonchev–Trinajstić information content (AvgIpc) is 3.16. The van der Waals surface area contributed by atoms with E-state index in [1.54, 1.807) is 13.3 Å². The number of carbonyl (C=O) groups excluding carboxylic acids is 1. The van der Waals surface area contributed by atoms with E-state index in [-0.39, 0.29) is 5.91 Å². The third-order valence-corrected chi connectivity index (χ3v) is 4.87. The number of fused-ring (bicyclic) bond motifs is 1. The molecule has 0 fully saturated rings. The number of aryl methyl sites for hydroxylation is 1. The van der Waals surface area contributed by atoms with Gasteiger partial charge >= 0.3 is 0 Å². The third kappa shape index (κ3) is 3.50. The number of rotatable bonds is 4. The van der Waals surface area contributed by atoms with Crippen molar-refractivity contribution in [3.63, 3.8) is 0 Å². The van der Waals surface area contributed by atoms with Crippen molar-refractivity contribution >= 4 is 33.3 Å². The first-order valence-corrected chi connectivity index (χ1v) is 9.15. The number of carbonyl (C=O) groups is 1. The Morgan fingerprint density at radius 1 is 1.11 bits per heavy atom. The summed E-state index contributed by atoms with van der Waals surface area (Å²) in [5.41, 5.74) is 3.45. The molecule has 0 aliphatic rings. The van der Waals surface area contributed by atoms with Crippen molar-refractivity contribution in [2.45, 2.75) is 6.92 Å². The zero-order valence-corrected chi connectivity index (χ0v) is 15.6. The van der Waals surface area contributed by atoms with Gasteiger partial charge in [-0.1, -0.05) is 6.07 Å². The quantitative estimate of drug-likeness (QED) is 0.574. The van der Waals surface area contributed by atoms with Crippen molar-refractivity contribution in [2.75, 3.05) is 12.4 Å². The minimum Gasteiger partial charge on any atom is -0.497 e. The maximum atomic E-state index is 12.7. The number of nitrogens with one attached hydrogen (secondary N) is 1. The molecule has 4 rings (SSSR count). The number of amides is 1. The van der Waals surface area contributed by atoms with Crippen molar-refractivity contribution in [1.82, 2.24) is 15.0 Å². The van der Waals surface area contributed by atoms with Gasteiger partial charge in [0.2, 0.25) is 0 Å². The fourth-order valence-electron chi connectivity index (χ4n) is 2.73. The summed E-state index contributed by atoms with van der Waals surface area (Å²) >= 11 is 1.36. The molecule has 0 atom stereocenters. The summed E-state index contributed by atoms with van der Waals surface area (Å²) in [7, 11) is 1.61. The predicted molar refractivity (Wildman–Crippen MR) is 106 cm³/mol. The van der Waals surface area contributed by atoms with Crippen LogP contribution in [0.2, 0.25) is 0 Å².